The van der Waals surface area contributed by atoms with Gasteiger partial charge in [-0.25, -0.2) is 0 Å². The van der Waals surface area contributed by atoms with Gasteiger partial charge in [0.05, 0.1) is 5.60 Å². The van der Waals surface area contributed by atoms with Gasteiger partial charge in [0.25, 0.3) is 0 Å². The minimum absolute atomic E-state index is 0.632. The molecule has 100 valence electrons. The third-order valence-corrected chi connectivity index (χ3v) is 4.02. The lowest BCUT2D eigenvalue weighted by molar-refractivity contribution is 0.0555. The van der Waals surface area contributed by atoms with E-state index in [1.54, 1.807) is 0 Å². The predicted octanol–water partition coefficient (Wildman–Crippen LogP) is 3.06. The second-order valence-electron chi connectivity index (χ2n) is 5.77. The van der Waals surface area contributed by atoms with Gasteiger partial charge < -0.3 is 10.4 Å². The first-order valence-corrected chi connectivity index (χ1v) is 7.17. The Kier molecular flexibility index (Phi) is 4.79. The van der Waals surface area contributed by atoms with E-state index < -0.39 is 5.60 Å². The first-order valence-electron chi connectivity index (χ1n) is 7.17. The Hall–Kier alpha value is -0.860. The molecule has 2 N–H and O–H groups in total. The van der Waals surface area contributed by atoms with Crippen LogP contribution in [0.3, 0.4) is 0 Å². The summed E-state index contributed by atoms with van der Waals surface area (Å²) in [5.74, 6) is 0.810. The fourth-order valence-electron chi connectivity index (χ4n) is 2.81. The summed E-state index contributed by atoms with van der Waals surface area (Å²) in [4.78, 5) is 0. The highest BCUT2D eigenvalue weighted by molar-refractivity contribution is 5.21. The van der Waals surface area contributed by atoms with Gasteiger partial charge in [-0.1, -0.05) is 49.6 Å². The molecule has 0 spiro atoms. The number of rotatable bonds is 5. The van der Waals surface area contributed by atoms with Crippen LogP contribution >= 0.6 is 0 Å². The van der Waals surface area contributed by atoms with Crippen molar-refractivity contribution in [2.45, 2.75) is 44.6 Å². The minimum atomic E-state index is -0.768. The zero-order chi connectivity index (χ0) is 12.8. The molecule has 0 saturated heterocycles. The molecule has 0 bridgehead atoms. The molecule has 1 aliphatic rings. The van der Waals surface area contributed by atoms with Crippen LogP contribution in [0.2, 0.25) is 0 Å². The lowest BCUT2D eigenvalue weighted by Gasteiger charge is -2.27. The highest BCUT2D eigenvalue weighted by Gasteiger charge is 2.23. The van der Waals surface area contributed by atoms with Crippen molar-refractivity contribution in [2.75, 3.05) is 13.1 Å². The first-order chi connectivity index (χ1) is 8.68. The molecule has 0 aliphatic heterocycles. The van der Waals surface area contributed by atoms with Crippen molar-refractivity contribution in [2.24, 2.45) is 5.92 Å². The maximum atomic E-state index is 10.5. The predicted molar refractivity (Wildman–Crippen MR) is 75.5 cm³/mol. The summed E-state index contributed by atoms with van der Waals surface area (Å²) < 4.78 is 0. The Morgan fingerprint density at radius 3 is 2.50 bits per heavy atom. The smallest absolute Gasteiger partial charge is 0.0992 e. The van der Waals surface area contributed by atoms with Gasteiger partial charge >= 0.3 is 0 Å². The van der Waals surface area contributed by atoms with Gasteiger partial charge in [0.1, 0.15) is 0 Å². The third-order valence-electron chi connectivity index (χ3n) is 4.02. The van der Waals surface area contributed by atoms with Gasteiger partial charge in [-0.15, -0.1) is 0 Å². The van der Waals surface area contributed by atoms with Crippen LogP contribution in [0, 0.1) is 5.92 Å². The van der Waals surface area contributed by atoms with Crippen LogP contribution in [0.5, 0.6) is 0 Å². The highest BCUT2D eigenvalue weighted by Crippen LogP contribution is 2.23. The molecule has 0 heterocycles. The third kappa shape index (κ3) is 3.82. The van der Waals surface area contributed by atoms with E-state index in [0.29, 0.717) is 6.54 Å². The second-order valence-corrected chi connectivity index (χ2v) is 5.77. The van der Waals surface area contributed by atoms with Gasteiger partial charge in [0, 0.05) is 6.54 Å². The van der Waals surface area contributed by atoms with E-state index in [1.165, 1.54) is 32.1 Å². The fraction of sp³-hybridized carbons (Fsp3) is 0.625. The van der Waals surface area contributed by atoms with Gasteiger partial charge in [0.2, 0.25) is 0 Å². The molecule has 2 rings (SSSR count). The zero-order valence-electron chi connectivity index (χ0n) is 11.4. The Bertz CT molecular complexity index is 341. The lowest BCUT2D eigenvalue weighted by Crippen LogP contribution is -2.37. The summed E-state index contributed by atoms with van der Waals surface area (Å²) in [5, 5.41) is 13.9. The number of benzene rings is 1. The van der Waals surface area contributed by atoms with E-state index >= 15 is 0 Å². The Morgan fingerprint density at radius 2 is 1.83 bits per heavy atom. The number of aliphatic hydroxyl groups is 1. The van der Waals surface area contributed by atoms with Crippen LogP contribution in [0.1, 0.15) is 44.6 Å². The largest absolute Gasteiger partial charge is 0.384 e. The molecule has 0 radical (unpaired) electrons. The van der Waals surface area contributed by atoms with E-state index in [-0.39, 0.29) is 0 Å². The number of hydrogen-bond acceptors (Lipinski definition) is 2. The summed E-state index contributed by atoms with van der Waals surface area (Å²) in [6.07, 6.45) is 6.85. The van der Waals surface area contributed by atoms with Crippen LogP contribution in [0.4, 0.5) is 0 Å². The van der Waals surface area contributed by atoms with Crippen molar-refractivity contribution < 1.29 is 5.11 Å². The van der Waals surface area contributed by atoms with Gasteiger partial charge in [-0.05, 0) is 37.8 Å². The summed E-state index contributed by atoms with van der Waals surface area (Å²) in [7, 11) is 0. The molecule has 1 aromatic rings. The standard InChI is InChI=1S/C16H25NO/c1-16(18,15-10-6-3-7-11-15)13-17-12-14-8-4-2-5-9-14/h3,6-7,10-11,14,17-18H,2,4-5,8-9,12-13H2,1H3. The molecule has 1 unspecified atom stereocenters. The highest BCUT2D eigenvalue weighted by atomic mass is 16.3. The summed E-state index contributed by atoms with van der Waals surface area (Å²) >= 11 is 0. The maximum absolute atomic E-state index is 10.5. The van der Waals surface area contributed by atoms with Crippen molar-refractivity contribution in [3.63, 3.8) is 0 Å². The van der Waals surface area contributed by atoms with Gasteiger partial charge in [-0.2, -0.15) is 0 Å². The normalized spacial score (nSPS) is 20.6. The molecular formula is C16H25NO. The molecule has 2 nitrogen and oxygen atoms in total. The van der Waals surface area contributed by atoms with E-state index in [2.05, 4.69) is 5.32 Å². The van der Waals surface area contributed by atoms with E-state index in [9.17, 15) is 5.11 Å². The van der Waals surface area contributed by atoms with Crippen molar-refractivity contribution >= 4 is 0 Å². The van der Waals surface area contributed by atoms with Crippen LogP contribution < -0.4 is 5.32 Å². The van der Waals surface area contributed by atoms with E-state index in [4.69, 9.17) is 0 Å². The van der Waals surface area contributed by atoms with E-state index in [1.807, 2.05) is 37.3 Å². The monoisotopic (exact) mass is 247 g/mol. The average Bonchev–Trinajstić information content (AvgIpc) is 2.41. The Morgan fingerprint density at radius 1 is 1.17 bits per heavy atom. The molecule has 1 aliphatic carbocycles. The SMILES string of the molecule is CC(O)(CNCC1CCCCC1)c1ccccc1. The van der Waals surface area contributed by atoms with Gasteiger partial charge in [0.15, 0.2) is 0 Å². The molecule has 1 atom stereocenters. The molecule has 18 heavy (non-hydrogen) atoms. The average molecular weight is 247 g/mol. The zero-order valence-corrected chi connectivity index (χ0v) is 11.4. The van der Waals surface area contributed by atoms with Gasteiger partial charge in [-0.3, -0.25) is 0 Å². The topological polar surface area (TPSA) is 32.3 Å². The van der Waals surface area contributed by atoms with Crippen LogP contribution in [0.15, 0.2) is 30.3 Å². The Balaban J connectivity index is 1.78. The van der Waals surface area contributed by atoms with Crippen molar-refractivity contribution in [1.29, 1.82) is 0 Å². The summed E-state index contributed by atoms with van der Waals surface area (Å²) in [6.45, 7) is 3.56. The molecule has 2 heteroatoms. The van der Waals surface area contributed by atoms with Crippen molar-refractivity contribution in [3.8, 4) is 0 Å². The van der Waals surface area contributed by atoms with E-state index in [0.717, 1.165) is 18.0 Å². The molecule has 1 saturated carbocycles. The molecule has 1 aromatic carbocycles. The lowest BCUT2D eigenvalue weighted by atomic mass is 9.89. The van der Waals surface area contributed by atoms with Crippen LogP contribution in [-0.2, 0) is 5.60 Å². The Labute approximate surface area is 110 Å². The van der Waals surface area contributed by atoms with Crippen LogP contribution in [-0.4, -0.2) is 18.2 Å². The summed E-state index contributed by atoms with van der Waals surface area (Å²) in [6, 6.07) is 9.91. The fourth-order valence-corrected chi connectivity index (χ4v) is 2.81. The van der Waals surface area contributed by atoms with Crippen LogP contribution in [0.25, 0.3) is 0 Å². The molecular weight excluding hydrogens is 222 g/mol. The molecule has 1 fully saturated rings. The summed E-state index contributed by atoms with van der Waals surface area (Å²) in [5.41, 5.74) is 0.219. The number of nitrogens with one attached hydrogen (secondary N) is 1. The van der Waals surface area contributed by atoms with Crippen molar-refractivity contribution in [1.82, 2.24) is 5.32 Å². The molecule has 0 amide bonds. The first kappa shape index (κ1) is 13.6. The quantitative estimate of drug-likeness (QED) is 0.838. The second kappa shape index (κ2) is 6.35. The molecule has 0 aromatic heterocycles. The number of hydrogen-bond donors (Lipinski definition) is 2. The maximum Gasteiger partial charge on any atom is 0.0992 e. The minimum Gasteiger partial charge on any atom is -0.384 e. The van der Waals surface area contributed by atoms with Crippen molar-refractivity contribution in [3.05, 3.63) is 35.9 Å².